The van der Waals surface area contributed by atoms with Crippen LogP contribution >= 0.6 is 11.3 Å². The maximum atomic E-state index is 12.6. The lowest BCUT2D eigenvalue weighted by atomic mass is 10.0. The van der Waals surface area contributed by atoms with Crippen molar-refractivity contribution in [3.8, 4) is 10.4 Å². The molecule has 0 saturated heterocycles. The van der Waals surface area contributed by atoms with E-state index in [1.165, 1.54) is 4.70 Å². The fourth-order valence-corrected chi connectivity index (χ4v) is 4.44. The molecular weight excluding hydrogens is 342 g/mol. The quantitative estimate of drug-likeness (QED) is 0.702. The molecule has 1 saturated carbocycles. The number of carbonyl (C=O) groups excluding carboxylic acids is 1. The number of nitrogens with one attached hydrogen (secondary N) is 1. The SMILES string of the molecule is Cc1ccc(C(=O)NC2(C)CC2)cc1-c1cc2cnnc(C(C)C)c2s1. The number of aryl methyl sites for hydroxylation is 1. The minimum Gasteiger partial charge on any atom is -0.347 e. The van der Waals surface area contributed by atoms with Crippen LogP contribution in [0, 0.1) is 6.92 Å². The molecule has 4 rings (SSSR count). The molecule has 134 valence electrons. The molecule has 1 N–H and O–H groups in total. The van der Waals surface area contributed by atoms with Crippen LogP contribution in [0.3, 0.4) is 0 Å². The van der Waals surface area contributed by atoms with E-state index in [9.17, 15) is 4.79 Å². The molecule has 0 radical (unpaired) electrons. The number of benzene rings is 1. The maximum absolute atomic E-state index is 12.6. The van der Waals surface area contributed by atoms with Gasteiger partial charge in [-0.1, -0.05) is 19.9 Å². The van der Waals surface area contributed by atoms with Crippen LogP contribution in [-0.4, -0.2) is 21.6 Å². The van der Waals surface area contributed by atoms with Crippen molar-refractivity contribution in [1.82, 2.24) is 15.5 Å². The van der Waals surface area contributed by atoms with Crippen molar-refractivity contribution >= 4 is 27.3 Å². The number of rotatable bonds is 4. The first-order chi connectivity index (χ1) is 12.4. The highest BCUT2D eigenvalue weighted by Gasteiger charge is 2.38. The molecule has 1 aromatic carbocycles. The predicted molar refractivity (Wildman–Crippen MR) is 107 cm³/mol. The van der Waals surface area contributed by atoms with Gasteiger partial charge in [0.25, 0.3) is 5.91 Å². The third-order valence-corrected chi connectivity index (χ3v) is 6.29. The van der Waals surface area contributed by atoms with Crippen molar-refractivity contribution in [2.24, 2.45) is 0 Å². The summed E-state index contributed by atoms with van der Waals surface area (Å²) < 4.78 is 1.18. The molecule has 0 atom stereocenters. The van der Waals surface area contributed by atoms with Gasteiger partial charge in [-0.2, -0.15) is 10.2 Å². The molecule has 0 aliphatic heterocycles. The second kappa shape index (κ2) is 6.16. The summed E-state index contributed by atoms with van der Waals surface area (Å²) in [5.74, 6) is 0.341. The fraction of sp³-hybridized carbons (Fsp3) is 0.381. The lowest BCUT2D eigenvalue weighted by Gasteiger charge is -2.13. The smallest absolute Gasteiger partial charge is 0.251 e. The lowest BCUT2D eigenvalue weighted by molar-refractivity contribution is 0.0935. The van der Waals surface area contributed by atoms with Gasteiger partial charge in [0.2, 0.25) is 0 Å². The van der Waals surface area contributed by atoms with Crippen molar-refractivity contribution < 1.29 is 4.79 Å². The molecule has 1 amide bonds. The topological polar surface area (TPSA) is 54.9 Å². The summed E-state index contributed by atoms with van der Waals surface area (Å²) in [6, 6.07) is 8.11. The molecule has 3 aromatic rings. The summed E-state index contributed by atoms with van der Waals surface area (Å²) >= 11 is 1.73. The van der Waals surface area contributed by atoms with E-state index in [4.69, 9.17) is 0 Å². The monoisotopic (exact) mass is 365 g/mol. The van der Waals surface area contributed by atoms with Gasteiger partial charge in [-0.3, -0.25) is 4.79 Å². The van der Waals surface area contributed by atoms with Gasteiger partial charge in [0.15, 0.2) is 0 Å². The number of hydrogen-bond acceptors (Lipinski definition) is 4. The molecule has 0 unspecified atom stereocenters. The second-order valence-corrected chi connectivity index (χ2v) is 8.88. The van der Waals surface area contributed by atoms with Gasteiger partial charge in [0.05, 0.1) is 16.6 Å². The Morgan fingerprint density at radius 2 is 2.04 bits per heavy atom. The zero-order valence-corrected chi connectivity index (χ0v) is 16.4. The minimum atomic E-state index is -0.0107. The van der Waals surface area contributed by atoms with Gasteiger partial charge in [0, 0.05) is 21.4 Å². The Balaban J connectivity index is 1.75. The number of amides is 1. The summed E-state index contributed by atoms with van der Waals surface area (Å²) in [7, 11) is 0. The highest BCUT2D eigenvalue weighted by molar-refractivity contribution is 7.22. The molecular formula is C21H23N3OS. The van der Waals surface area contributed by atoms with Crippen LogP contribution in [0.15, 0.2) is 30.5 Å². The standard InChI is InChI=1S/C21H23N3OS/c1-12(2)18-19-15(11-22-24-18)10-17(26-19)16-9-14(6-5-13(16)3)20(25)23-21(4)7-8-21/h5-6,9-12H,7-8H2,1-4H3,(H,23,25). The Bertz CT molecular complexity index is 1000. The van der Waals surface area contributed by atoms with Gasteiger partial charge >= 0.3 is 0 Å². The van der Waals surface area contributed by atoms with Crippen molar-refractivity contribution in [2.45, 2.75) is 52.0 Å². The maximum Gasteiger partial charge on any atom is 0.251 e. The summed E-state index contributed by atoms with van der Waals surface area (Å²) in [5, 5.41) is 12.7. The molecule has 1 aliphatic carbocycles. The van der Waals surface area contributed by atoms with Gasteiger partial charge < -0.3 is 5.32 Å². The molecule has 2 heterocycles. The normalized spacial score (nSPS) is 15.4. The van der Waals surface area contributed by atoms with E-state index < -0.39 is 0 Å². The molecule has 0 bridgehead atoms. The fourth-order valence-electron chi connectivity index (χ4n) is 3.10. The first-order valence-electron chi connectivity index (χ1n) is 9.05. The van der Waals surface area contributed by atoms with Crippen LogP contribution in [0.1, 0.15) is 61.1 Å². The Kier molecular flexibility index (Phi) is 4.07. The van der Waals surface area contributed by atoms with E-state index in [0.717, 1.165) is 45.5 Å². The molecule has 5 heteroatoms. The van der Waals surface area contributed by atoms with E-state index in [0.29, 0.717) is 5.92 Å². The summed E-state index contributed by atoms with van der Waals surface area (Å²) in [4.78, 5) is 13.7. The van der Waals surface area contributed by atoms with Gasteiger partial charge in [-0.15, -0.1) is 11.3 Å². The highest BCUT2D eigenvalue weighted by atomic mass is 32.1. The third kappa shape index (κ3) is 3.12. The number of thiophene rings is 1. The molecule has 0 spiro atoms. The van der Waals surface area contributed by atoms with Crippen molar-refractivity contribution in [3.63, 3.8) is 0 Å². The van der Waals surface area contributed by atoms with Crippen molar-refractivity contribution in [2.75, 3.05) is 0 Å². The zero-order chi connectivity index (χ0) is 18.5. The van der Waals surface area contributed by atoms with Crippen LogP contribution in [0.4, 0.5) is 0 Å². The molecule has 2 aromatic heterocycles. The number of fused-ring (bicyclic) bond motifs is 1. The Hall–Kier alpha value is -2.27. The zero-order valence-electron chi connectivity index (χ0n) is 15.6. The van der Waals surface area contributed by atoms with Crippen LogP contribution in [0.25, 0.3) is 20.5 Å². The van der Waals surface area contributed by atoms with Crippen molar-refractivity contribution in [1.29, 1.82) is 0 Å². The summed E-state index contributed by atoms with van der Waals surface area (Å²) in [5.41, 5.74) is 4.01. The number of aromatic nitrogens is 2. The average molecular weight is 366 g/mol. The van der Waals surface area contributed by atoms with E-state index in [-0.39, 0.29) is 11.4 Å². The van der Waals surface area contributed by atoms with Crippen LogP contribution in [0.5, 0.6) is 0 Å². The molecule has 1 aliphatic rings. The van der Waals surface area contributed by atoms with Crippen LogP contribution in [0.2, 0.25) is 0 Å². The highest BCUT2D eigenvalue weighted by Crippen LogP contribution is 2.38. The second-order valence-electron chi connectivity index (χ2n) is 7.82. The first kappa shape index (κ1) is 17.2. The predicted octanol–water partition coefficient (Wildman–Crippen LogP) is 5.07. The molecule has 4 nitrogen and oxygen atoms in total. The third-order valence-electron chi connectivity index (χ3n) is 5.08. The lowest BCUT2D eigenvalue weighted by Crippen LogP contribution is -2.34. The van der Waals surface area contributed by atoms with Crippen molar-refractivity contribution in [3.05, 3.63) is 47.3 Å². The van der Waals surface area contributed by atoms with E-state index in [1.807, 2.05) is 24.4 Å². The minimum absolute atomic E-state index is 0.0107. The molecule has 26 heavy (non-hydrogen) atoms. The van der Waals surface area contributed by atoms with Gasteiger partial charge in [-0.25, -0.2) is 0 Å². The number of nitrogens with zero attached hydrogens (tertiary/aromatic N) is 2. The Morgan fingerprint density at radius 3 is 2.73 bits per heavy atom. The Morgan fingerprint density at radius 1 is 1.27 bits per heavy atom. The van der Waals surface area contributed by atoms with E-state index in [2.05, 4.69) is 49.3 Å². The van der Waals surface area contributed by atoms with Crippen LogP contribution in [-0.2, 0) is 0 Å². The summed E-state index contributed by atoms with van der Waals surface area (Å²) in [6.45, 7) is 8.46. The first-order valence-corrected chi connectivity index (χ1v) is 9.87. The van der Waals surface area contributed by atoms with Gasteiger partial charge in [-0.05, 0) is 61.9 Å². The van der Waals surface area contributed by atoms with Crippen LogP contribution < -0.4 is 5.32 Å². The molecule has 1 fully saturated rings. The summed E-state index contributed by atoms with van der Waals surface area (Å²) in [6.07, 6.45) is 3.94. The number of carbonyl (C=O) groups is 1. The van der Waals surface area contributed by atoms with E-state index in [1.54, 1.807) is 11.3 Å². The Labute approximate surface area is 157 Å². The van der Waals surface area contributed by atoms with Gasteiger partial charge in [0.1, 0.15) is 0 Å². The average Bonchev–Trinajstić information content (AvgIpc) is 3.16. The van der Waals surface area contributed by atoms with E-state index >= 15 is 0 Å². The number of hydrogen-bond donors (Lipinski definition) is 1. The largest absolute Gasteiger partial charge is 0.347 e.